The van der Waals surface area contributed by atoms with E-state index in [1.807, 2.05) is 31.5 Å². The van der Waals surface area contributed by atoms with Crippen LogP contribution in [0, 0.1) is 12.7 Å². The second-order valence-electron chi connectivity index (χ2n) is 7.54. The van der Waals surface area contributed by atoms with Crippen molar-refractivity contribution in [3.63, 3.8) is 0 Å². The third-order valence-electron chi connectivity index (χ3n) is 5.32. The molecule has 0 saturated carbocycles. The van der Waals surface area contributed by atoms with E-state index in [1.54, 1.807) is 0 Å². The van der Waals surface area contributed by atoms with Crippen LogP contribution in [0.3, 0.4) is 0 Å². The number of aryl methyl sites for hydroxylation is 1. The number of anilines is 1. The van der Waals surface area contributed by atoms with Gasteiger partial charge in [0.05, 0.1) is 5.60 Å². The Morgan fingerprint density at radius 2 is 2.04 bits per heavy atom. The molecule has 0 bridgehead atoms. The summed E-state index contributed by atoms with van der Waals surface area (Å²) in [6.45, 7) is 5.50. The zero-order chi connectivity index (χ0) is 18.0. The molecule has 1 aromatic heterocycles. The SMILES string of the molecule is Cc1cnc(N[C@H]2CCO[C@@]3(CCN(Cc4ccc(F)cc4)C3)C2)nc1. The van der Waals surface area contributed by atoms with Crippen molar-refractivity contribution in [1.82, 2.24) is 14.9 Å². The molecule has 4 rings (SSSR count). The Morgan fingerprint density at radius 1 is 1.27 bits per heavy atom. The number of hydrogen-bond donors (Lipinski definition) is 1. The molecule has 2 saturated heterocycles. The molecule has 1 aromatic carbocycles. The van der Waals surface area contributed by atoms with Gasteiger partial charge in [-0.25, -0.2) is 14.4 Å². The third-order valence-corrected chi connectivity index (χ3v) is 5.32. The number of halogens is 1. The molecule has 2 aliphatic rings. The normalized spacial score (nSPS) is 26.3. The fraction of sp³-hybridized carbons (Fsp3) is 0.500. The van der Waals surface area contributed by atoms with Crippen molar-refractivity contribution in [2.75, 3.05) is 25.0 Å². The van der Waals surface area contributed by atoms with Gasteiger partial charge in [0.25, 0.3) is 0 Å². The zero-order valence-electron chi connectivity index (χ0n) is 15.1. The Labute approximate surface area is 153 Å². The molecule has 26 heavy (non-hydrogen) atoms. The minimum Gasteiger partial charge on any atom is -0.373 e. The number of aromatic nitrogens is 2. The van der Waals surface area contributed by atoms with Gasteiger partial charge in [-0.1, -0.05) is 12.1 Å². The smallest absolute Gasteiger partial charge is 0.222 e. The third kappa shape index (κ3) is 4.02. The standard InChI is InChI=1S/C20H25FN4O/c1-15-11-22-19(23-12-15)24-18-6-9-26-20(10-18)7-8-25(14-20)13-16-2-4-17(21)5-3-16/h2-5,11-12,18H,6-10,13-14H2,1H3,(H,22,23,24)/t18-,20-/m0/s1. The van der Waals surface area contributed by atoms with Gasteiger partial charge in [-0.05, 0) is 49.4 Å². The lowest BCUT2D eigenvalue weighted by molar-refractivity contribution is -0.0737. The summed E-state index contributed by atoms with van der Waals surface area (Å²) in [5.74, 6) is 0.508. The maximum Gasteiger partial charge on any atom is 0.222 e. The van der Waals surface area contributed by atoms with Crippen LogP contribution in [0.25, 0.3) is 0 Å². The lowest BCUT2D eigenvalue weighted by Gasteiger charge is -2.38. The summed E-state index contributed by atoms with van der Waals surface area (Å²) >= 11 is 0. The molecule has 1 N–H and O–H groups in total. The zero-order valence-corrected chi connectivity index (χ0v) is 15.1. The van der Waals surface area contributed by atoms with E-state index in [9.17, 15) is 4.39 Å². The van der Waals surface area contributed by atoms with E-state index in [2.05, 4.69) is 20.2 Å². The van der Waals surface area contributed by atoms with Crippen LogP contribution in [0.2, 0.25) is 0 Å². The van der Waals surface area contributed by atoms with E-state index in [0.29, 0.717) is 12.0 Å². The van der Waals surface area contributed by atoms with Gasteiger partial charge in [-0.15, -0.1) is 0 Å². The Morgan fingerprint density at radius 3 is 2.81 bits per heavy atom. The lowest BCUT2D eigenvalue weighted by atomic mass is 9.89. The molecule has 0 radical (unpaired) electrons. The topological polar surface area (TPSA) is 50.3 Å². The van der Waals surface area contributed by atoms with Crippen molar-refractivity contribution in [3.8, 4) is 0 Å². The van der Waals surface area contributed by atoms with Crippen LogP contribution >= 0.6 is 0 Å². The second-order valence-corrected chi connectivity index (χ2v) is 7.54. The molecule has 2 fully saturated rings. The van der Waals surface area contributed by atoms with Gasteiger partial charge in [-0.3, -0.25) is 4.90 Å². The lowest BCUT2D eigenvalue weighted by Crippen LogP contribution is -2.46. The molecule has 5 nitrogen and oxygen atoms in total. The number of nitrogens with zero attached hydrogens (tertiary/aromatic N) is 3. The van der Waals surface area contributed by atoms with Gasteiger partial charge in [0, 0.05) is 44.7 Å². The van der Waals surface area contributed by atoms with Crippen molar-refractivity contribution in [1.29, 1.82) is 0 Å². The van der Waals surface area contributed by atoms with Gasteiger partial charge in [0.1, 0.15) is 5.82 Å². The molecule has 1 spiro atoms. The fourth-order valence-corrected chi connectivity index (χ4v) is 4.00. The summed E-state index contributed by atoms with van der Waals surface area (Å²) < 4.78 is 19.3. The molecule has 0 unspecified atom stereocenters. The maximum atomic E-state index is 13.1. The molecular formula is C20H25FN4O. The van der Waals surface area contributed by atoms with Crippen LogP contribution in [0.15, 0.2) is 36.7 Å². The van der Waals surface area contributed by atoms with Crippen molar-refractivity contribution < 1.29 is 9.13 Å². The first-order chi connectivity index (χ1) is 12.6. The van der Waals surface area contributed by atoms with Gasteiger partial charge < -0.3 is 10.1 Å². The molecule has 2 atom stereocenters. The number of nitrogens with one attached hydrogen (secondary N) is 1. The minimum absolute atomic E-state index is 0.0966. The largest absolute Gasteiger partial charge is 0.373 e. The molecule has 138 valence electrons. The van der Waals surface area contributed by atoms with Gasteiger partial charge in [0.15, 0.2) is 0 Å². The molecule has 2 aromatic rings. The molecule has 2 aliphatic heterocycles. The van der Waals surface area contributed by atoms with Gasteiger partial charge in [-0.2, -0.15) is 0 Å². The van der Waals surface area contributed by atoms with E-state index >= 15 is 0 Å². The highest BCUT2D eigenvalue weighted by Gasteiger charge is 2.43. The number of benzene rings is 1. The molecule has 6 heteroatoms. The number of ether oxygens (including phenoxy) is 1. The van der Waals surface area contributed by atoms with E-state index in [-0.39, 0.29) is 11.4 Å². The average molecular weight is 356 g/mol. The summed E-state index contributed by atoms with van der Waals surface area (Å²) in [4.78, 5) is 11.1. The first-order valence-corrected chi connectivity index (χ1v) is 9.26. The predicted octanol–water partition coefficient (Wildman–Crippen LogP) is 3.16. The highest BCUT2D eigenvalue weighted by molar-refractivity contribution is 5.27. The summed E-state index contributed by atoms with van der Waals surface area (Å²) in [6, 6.07) is 7.11. The summed E-state index contributed by atoms with van der Waals surface area (Å²) in [7, 11) is 0. The van der Waals surface area contributed by atoms with E-state index in [4.69, 9.17) is 4.74 Å². The Balaban J connectivity index is 1.36. The van der Waals surface area contributed by atoms with E-state index in [0.717, 1.165) is 56.6 Å². The molecular weight excluding hydrogens is 331 g/mol. The summed E-state index contributed by atoms with van der Waals surface area (Å²) in [5.41, 5.74) is 2.11. The van der Waals surface area contributed by atoms with Crippen molar-refractivity contribution in [2.45, 2.75) is 44.4 Å². The molecule has 3 heterocycles. The monoisotopic (exact) mass is 356 g/mol. The number of hydrogen-bond acceptors (Lipinski definition) is 5. The van der Waals surface area contributed by atoms with Crippen LogP contribution in [-0.4, -0.2) is 46.2 Å². The van der Waals surface area contributed by atoms with E-state index in [1.165, 1.54) is 12.1 Å². The van der Waals surface area contributed by atoms with Crippen LogP contribution < -0.4 is 5.32 Å². The Bertz CT molecular complexity index is 736. The van der Waals surface area contributed by atoms with Crippen LogP contribution in [0.4, 0.5) is 10.3 Å². The highest BCUT2D eigenvalue weighted by Crippen LogP contribution is 2.35. The van der Waals surface area contributed by atoms with Crippen LogP contribution in [-0.2, 0) is 11.3 Å². The number of likely N-dealkylation sites (tertiary alicyclic amines) is 1. The maximum absolute atomic E-state index is 13.1. The second kappa shape index (κ2) is 7.29. The Hall–Kier alpha value is -2.05. The summed E-state index contributed by atoms with van der Waals surface area (Å²) in [6.07, 6.45) is 6.64. The first-order valence-electron chi connectivity index (χ1n) is 9.26. The highest BCUT2D eigenvalue weighted by atomic mass is 19.1. The van der Waals surface area contributed by atoms with Crippen LogP contribution in [0.1, 0.15) is 30.4 Å². The number of rotatable bonds is 4. The quantitative estimate of drug-likeness (QED) is 0.912. The van der Waals surface area contributed by atoms with Gasteiger partial charge in [0.2, 0.25) is 5.95 Å². The van der Waals surface area contributed by atoms with Crippen molar-refractivity contribution >= 4 is 5.95 Å². The van der Waals surface area contributed by atoms with Gasteiger partial charge >= 0.3 is 0 Å². The summed E-state index contributed by atoms with van der Waals surface area (Å²) in [5, 5.41) is 3.47. The predicted molar refractivity (Wildman–Crippen MR) is 98.4 cm³/mol. The molecule has 0 amide bonds. The average Bonchev–Trinajstić information content (AvgIpc) is 3.01. The van der Waals surface area contributed by atoms with Crippen LogP contribution in [0.5, 0.6) is 0 Å². The van der Waals surface area contributed by atoms with E-state index < -0.39 is 0 Å². The Kier molecular flexibility index (Phi) is 4.87. The molecule has 0 aliphatic carbocycles. The fourth-order valence-electron chi connectivity index (χ4n) is 4.00. The minimum atomic E-state index is -0.186. The first kappa shape index (κ1) is 17.4. The van der Waals surface area contributed by atoms with Crippen molar-refractivity contribution in [2.24, 2.45) is 0 Å². The van der Waals surface area contributed by atoms with Crippen molar-refractivity contribution in [3.05, 3.63) is 53.6 Å².